The first-order valence-corrected chi connectivity index (χ1v) is 7.97. The zero-order valence-corrected chi connectivity index (χ0v) is 13.0. The van der Waals surface area contributed by atoms with Gasteiger partial charge in [-0.2, -0.15) is 0 Å². The first-order chi connectivity index (χ1) is 10.2. The van der Waals surface area contributed by atoms with Gasteiger partial charge in [0.15, 0.2) is 0 Å². The van der Waals surface area contributed by atoms with E-state index in [-0.39, 0.29) is 12.0 Å². The molecule has 1 fully saturated rings. The summed E-state index contributed by atoms with van der Waals surface area (Å²) in [6, 6.07) is 8.69. The van der Waals surface area contributed by atoms with E-state index in [1.54, 1.807) is 0 Å². The highest BCUT2D eigenvalue weighted by Crippen LogP contribution is 2.28. The maximum absolute atomic E-state index is 12.9. The molecule has 1 saturated heterocycles. The minimum absolute atomic E-state index is 0.198. The molecule has 2 aliphatic rings. The van der Waals surface area contributed by atoms with Gasteiger partial charge in [-0.1, -0.05) is 18.2 Å². The number of rotatable bonds is 1. The average Bonchev–Trinajstić information content (AvgIpc) is 2.64. The molecule has 4 nitrogen and oxygen atoms in total. The van der Waals surface area contributed by atoms with Crippen LogP contribution in [0.15, 0.2) is 24.3 Å². The average molecular weight is 287 g/mol. The van der Waals surface area contributed by atoms with Crippen molar-refractivity contribution in [2.24, 2.45) is 5.92 Å². The van der Waals surface area contributed by atoms with Gasteiger partial charge >= 0.3 is 0 Å². The van der Waals surface area contributed by atoms with Gasteiger partial charge in [0.25, 0.3) is 0 Å². The summed E-state index contributed by atoms with van der Waals surface area (Å²) in [5.74, 6) is 0.540. The van der Waals surface area contributed by atoms with E-state index in [0.29, 0.717) is 5.91 Å². The van der Waals surface area contributed by atoms with Gasteiger partial charge in [-0.25, -0.2) is 0 Å². The number of anilines is 1. The van der Waals surface area contributed by atoms with Crippen molar-refractivity contribution in [1.29, 1.82) is 0 Å². The van der Waals surface area contributed by atoms with Crippen LogP contribution in [0, 0.1) is 5.92 Å². The third kappa shape index (κ3) is 2.91. The van der Waals surface area contributed by atoms with Gasteiger partial charge in [0.2, 0.25) is 5.91 Å². The number of nitrogens with zero attached hydrogens (tertiary/aromatic N) is 2. The van der Waals surface area contributed by atoms with E-state index in [9.17, 15) is 4.79 Å². The Balaban J connectivity index is 1.83. The van der Waals surface area contributed by atoms with E-state index in [2.05, 4.69) is 53.4 Å². The van der Waals surface area contributed by atoms with Gasteiger partial charge in [0, 0.05) is 37.8 Å². The van der Waals surface area contributed by atoms with Gasteiger partial charge < -0.3 is 15.1 Å². The van der Waals surface area contributed by atoms with Crippen molar-refractivity contribution in [2.75, 3.05) is 31.6 Å². The normalized spacial score (nSPS) is 23.6. The van der Waals surface area contributed by atoms with Gasteiger partial charge in [0.05, 0.1) is 0 Å². The first-order valence-electron chi connectivity index (χ1n) is 7.97. The van der Waals surface area contributed by atoms with Gasteiger partial charge in [-0.05, 0) is 44.5 Å². The van der Waals surface area contributed by atoms with Crippen LogP contribution < -0.4 is 10.2 Å². The lowest BCUT2D eigenvalue weighted by Crippen LogP contribution is -2.46. The highest BCUT2D eigenvalue weighted by molar-refractivity contribution is 5.80. The smallest absolute Gasteiger partial charge is 0.226 e. The van der Waals surface area contributed by atoms with E-state index in [1.165, 1.54) is 11.3 Å². The van der Waals surface area contributed by atoms with Crippen molar-refractivity contribution in [3.63, 3.8) is 0 Å². The largest absolute Gasteiger partial charge is 0.372 e. The van der Waals surface area contributed by atoms with E-state index in [1.807, 2.05) is 0 Å². The van der Waals surface area contributed by atoms with Crippen LogP contribution >= 0.6 is 0 Å². The fourth-order valence-electron chi connectivity index (χ4n) is 3.55. The number of amides is 1. The van der Waals surface area contributed by atoms with Gasteiger partial charge in [-0.3, -0.25) is 4.79 Å². The molecule has 0 saturated carbocycles. The third-order valence-corrected chi connectivity index (χ3v) is 4.79. The molecule has 0 radical (unpaired) electrons. The Morgan fingerprint density at radius 1 is 1.24 bits per heavy atom. The van der Waals surface area contributed by atoms with Crippen LogP contribution in [-0.2, 0) is 11.3 Å². The highest BCUT2D eigenvalue weighted by Gasteiger charge is 2.31. The maximum atomic E-state index is 12.9. The lowest BCUT2D eigenvalue weighted by atomic mass is 9.95. The summed E-state index contributed by atoms with van der Waals surface area (Å²) in [5.41, 5.74) is 2.51. The molecule has 4 heteroatoms. The van der Waals surface area contributed by atoms with Crippen LogP contribution in [0.1, 0.15) is 25.3 Å². The summed E-state index contributed by atoms with van der Waals surface area (Å²) in [5, 5.41) is 3.34. The summed E-state index contributed by atoms with van der Waals surface area (Å²) in [6.45, 7) is 5.74. The highest BCUT2D eigenvalue weighted by atomic mass is 16.2. The number of benzene rings is 1. The Labute approximate surface area is 127 Å². The van der Waals surface area contributed by atoms with Crippen LogP contribution in [0.5, 0.6) is 0 Å². The molecule has 1 N–H and O–H groups in total. The number of hydrogen-bond donors (Lipinski definition) is 1. The molecule has 0 bridgehead atoms. The van der Waals surface area contributed by atoms with Crippen molar-refractivity contribution in [2.45, 2.75) is 32.4 Å². The van der Waals surface area contributed by atoms with Crippen molar-refractivity contribution >= 4 is 11.6 Å². The minimum atomic E-state index is 0.198. The minimum Gasteiger partial charge on any atom is -0.372 e. The Hall–Kier alpha value is -1.55. The van der Waals surface area contributed by atoms with Crippen LogP contribution in [0.2, 0.25) is 0 Å². The third-order valence-electron chi connectivity index (χ3n) is 4.79. The van der Waals surface area contributed by atoms with E-state index in [0.717, 1.165) is 39.0 Å². The fraction of sp³-hybridized carbons (Fsp3) is 0.588. The van der Waals surface area contributed by atoms with Crippen LogP contribution in [0.25, 0.3) is 0 Å². The predicted molar refractivity (Wildman–Crippen MR) is 85.3 cm³/mol. The zero-order chi connectivity index (χ0) is 14.8. The molecular weight excluding hydrogens is 262 g/mol. The Morgan fingerprint density at radius 2 is 1.95 bits per heavy atom. The second-order valence-corrected chi connectivity index (χ2v) is 6.35. The fourth-order valence-corrected chi connectivity index (χ4v) is 3.55. The molecule has 2 aliphatic heterocycles. The molecule has 3 rings (SSSR count). The Bertz CT molecular complexity index is 511. The molecule has 21 heavy (non-hydrogen) atoms. The van der Waals surface area contributed by atoms with Crippen molar-refractivity contribution in [1.82, 2.24) is 10.2 Å². The molecule has 0 aliphatic carbocycles. The molecule has 1 aromatic rings. The number of para-hydroxylation sites is 1. The maximum Gasteiger partial charge on any atom is 0.226 e. The summed E-state index contributed by atoms with van der Waals surface area (Å²) in [6.07, 6.45) is 1.94. The summed E-state index contributed by atoms with van der Waals surface area (Å²) in [7, 11) is 2.12. The van der Waals surface area contributed by atoms with Crippen molar-refractivity contribution in [3.05, 3.63) is 29.8 Å². The quantitative estimate of drug-likeness (QED) is 0.856. The number of nitrogens with one attached hydrogen (secondary N) is 1. The molecule has 1 amide bonds. The van der Waals surface area contributed by atoms with Gasteiger partial charge in [-0.15, -0.1) is 0 Å². The number of piperidine rings is 1. The van der Waals surface area contributed by atoms with Gasteiger partial charge in [0.1, 0.15) is 0 Å². The van der Waals surface area contributed by atoms with Crippen molar-refractivity contribution < 1.29 is 4.79 Å². The monoisotopic (exact) mass is 287 g/mol. The summed E-state index contributed by atoms with van der Waals surface area (Å²) in [4.78, 5) is 17.3. The van der Waals surface area contributed by atoms with Crippen LogP contribution in [0.4, 0.5) is 5.69 Å². The SMILES string of the molecule is CC1CN(C)c2ccccc2CN1C(=O)C1CCNCC1. The Kier molecular flexibility index (Phi) is 4.15. The van der Waals surface area contributed by atoms with Crippen LogP contribution in [0.3, 0.4) is 0 Å². The number of carbonyl (C=O) groups is 1. The number of likely N-dealkylation sites (N-methyl/N-ethyl adjacent to an activating group) is 1. The molecule has 114 valence electrons. The molecular formula is C17H25N3O. The predicted octanol–water partition coefficient (Wildman–Crippen LogP) is 1.85. The summed E-state index contributed by atoms with van der Waals surface area (Å²) < 4.78 is 0. The van der Waals surface area contributed by atoms with E-state index >= 15 is 0 Å². The molecule has 0 aromatic heterocycles. The molecule has 0 spiro atoms. The molecule has 2 heterocycles. The number of hydrogen-bond acceptors (Lipinski definition) is 3. The van der Waals surface area contributed by atoms with E-state index < -0.39 is 0 Å². The number of fused-ring (bicyclic) bond motifs is 1. The van der Waals surface area contributed by atoms with E-state index in [4.69, 9.17) is 0 Å². The van der Waals surface area contributed by atoms with Crippen molar-refractivity contribution in [3.8, 4) is 0 Å². The molecule has 1 atom stereocenters. The number of carbonyl (C=O) groups excluding carboxylic acids is 1. The molecule has 1 unspecified atom stereocenters. The molecule has 1 aromatic carbocycles. The summed E-state index contributed by atoms with van der Waals surface area (Å²) >= 11 is 0. The second kappa shape index (κ2) is 6.06. The topological polar surface area (TPSA) is 35.6 Å². The standard InChI is InChI=1S/C17H25N3O/c1-13-11-19(2)16-6-4-3-5-15(16)12-20(13)17(21)14-7-9-18-10-8-14/h3-6,13-14,18H,7-12H2,1-2H3. The lowest BCUT2D eigenvalue weighted by Gasteiger charge is -2.33. The lowest BCUT2D eigenvalue weighted by molar-refractivity contribution is -0.138. The second-order valence-electron chi connectivity index (χ2n) is 6.35. The first kappa shape index (κ1) is 14.4. The zero-order valence-electron chi connectivity index (χ0n) is 13.0. The van der Waals surface area contributed by atoms with Crippen LogP contribution in [-0.4, -0.2) is 43.5 Å². The Morgan fingerprint density at radius 3 is 2.71 bits per heavy atom.